The summed E-state index contributed by atoms with van der Waals surface area (Å²) in [6.07, 6.45) is -3.01. The average molecular weight is 249 g/mol. The third-order valence-corrected chi connectivity index (χ3v) is 3.92. The fraction of sp³-hybridized carbons (Fsp3) is 0.833. The SMILES string of the molecule is C=C1CCC2NC(C(O)C(F)(F)F)CCC2C1. The smallest absolute Gasteiger partial charge is 0.382 e. The lowest BCUT2D eigenvalue weighted by atomic mass is 9.75. The van der Waals surface area contributed by atoms with E-state index in [-0.39, 0.29) is 6.04 Å². The van der Waals surface area contributed by atoms with Crippen LogP contribution >= 0.6 is 0 Å². The molecule has 0 bridgehead atoms. The Labute approximate surface area is 98.9 Å². The highest BCUT2D eigenvalue weighted by Gasteiger charge is 2.46. The van der Waals surface area contributed by atoms with Crippen LogP contribution in [0.5, 0.6) is 0 Å². The molecule has 4 unspecified atom stereocenters. The number of aliphatic hydroxyl groups excluding tert-OH is 1. The van der Waals surface area contributed by atoms with Gasteiger partial charge in [-0.2, -0.15) is 13.2 Å². The van der Waals surface area contributed by atoms with Crippen LogP contribution in [0.1, 0.15) is 32.1 Å². The highest BCUT2D eigenvalue weighted by molar-refractivity contribution is 5.06. The van der Waals surface area contributed by atoms with E-state index in [9.17, 15) is 18.3 Å². The van der Waals surface area contributed by atoms with Gasteiger partial charge in [-0.1, -0.05) is 12.2 Å². The molecule has 2 nitrogen and oxygen atoms in total. The predicted molar refractivity (Wildman–Crippen MR) is 58.5 cm³/mol. The van der Waals surface area contributed by atoms with Crippen molar-refractivity contribution in [2.24, 2.45) is 5.92 Å². The van der Waals surface area contributed by atoms with E-state index >= 15 is 0 Å². The summed E-state index contributed by atoms with van der Waals surface area (Å²) < 4.78 is 37.2. The molecule has 0 aromatic heterocycles. The first-order chi connectivity index (χ1) is 7.88. The van der Waals surface area contributed by atoms with E-state index in [1.165, 1.54) is 5.57 Å². The standard InChI is InChI=1S/C12H18F3NO/c1-7-2-4-9-8(6-7)3-5-10(16-9)11(17)12(13,14)15/h8-11,16-17H,1-6H2. The highest BCUT2D eigenvalue weighted by atomic mass is 19.4. The van der Waals surface area contributed by atoms with Crippen LogP contribution in [-0.2, 0) is 0 Å². The first-order valence-electron chi connectivity index (χ1n) is 6.05. The van der Waals surface area contributed by atoms with Crippen molar-refractivity contribution in [3.63, 3.8) is 0 Å². The molecule has 98 valence electrons. The summed E-state index contributed by atoms with van der Waals surface area (Å²) in [5, 5.41) is 12.2. The molecule has 1 heterocycles. The molecule has 17 heavy (non-hydrogen) atoms. The average Bonchev–Trinajstić information content (AvgIpc) is 2.26. The molecule has 0 spiro atoms. The van der Waals surface area contributed by atoms with Crippen LogP contribution in [0.15, 0.2) is 12.2 Å². The van der Waals surface area contributed by atoms with Gasteiger partial charge < -0.3 is 10.4 Å². The summed E-state index contributed by atoms with van der Waals surface area (Å²) >= 11 is 0. The van der Waals surface area contributed by atoms with Gasteiger partial charge in [-0.05, 0) is 38.0 Å². The number of fused-ring (bicyclic) bond motifs is 1. The van der Waals surface area contributed by atoms with E-state index in [4.69, 9.17) is 0 Å². The molecule has 4 atom stereocenters. The van der Waals surface area contributed by atoms with Gasteiger partial charge in [-0.25, -0.2) is 0 Å². The summed E-state index contributed by atoms with van der Waals surface area (Å²) in [5.74, 6) is 0.396. The van der Waals surface area contributed by atoms with Gasteiger partial charge in [0.25, 0.3) is 0 Å². The van der Waals surface area contributed by atoms with E-state index in [0.717, 1.165) is 25.7 Å². The van der Waals surface area contributed by atoms with E-state index in [2.05, 4.69) is 11.9 Å². The molecule has 5 heteroatoms. The van der Waals surface area contributed by atoms with Crippen molar-refractivity contribution in [3.05, 3.63) is 12.2 Å². The monoisotopic (exact) mass is 249 g/mol. The lowest BCUT2D eigenvalue weighted by molar-refractivity contribution is -0.215. The number of rotatable bonds is 1. The van der Waals surface area contributed by atoms with Crippen molar-refractivity contribution in [2.75, 3.05) is 0 Å². The number of halogens is 3. The molecule has 0 amide bonds. The Balaban J connectivity index is 1.96. The van der Waals surface area contributed by atoms with E-state index in [1.54, 1.807) is 0 Å². The number of hydrogen-bond acceptors (Lipinski definition) is 2. The Hall–Kier alpha value is -0.550. The highest BCUT2D eigenvalue weighted by Crippen LogP contribution is 2.36. The topological polar surface area (TPSA) is 32.3 Å². The number of allylic oxidation sites excluding steroid dienone is 1. The first-order valence-corrected chi connectivity index (χ1v) is 6.05. The van der Waals surface area contributed by atoms with E-state index in [1.807, 2.05) is 0 Å². The molecule has 2 fully saturated rings. The van der Waals surface area contributed by atoms with Crippen molar-refractivity contribution in [1.29, 1.82) is 0 Å². The van der Waals surface area contributed by atoms with Crippen LogP contribution in [0.4, 0.5) is 13.2 Å². The quantitative estimate of drug-likeness (QED) is 0.699. The van der Waals surface area contributed by atoms with Crippen molar-refractivity contribution >= 4 is 0 Å². The summed E-state index contributed by atoms with van der Waals surface area (Å²) in [6, 6.07) is -0.737. The van der Waals surface area contributed by atoms with Gasteiger partial charge in [-0.3, -0.25) is 0 Å². The molecule has 2 aliphatic rings. The van der Waals surface area contributed by atoms with E-state index < -0.39 is 18.3 Å². The van der Waals surface area contributed by atoms with Crippen LogP contribution in [0.3, 0.4) is 0 Å². The fourth-order valence-electron chi connectivity index (χ4n) is 2.96. The first kappa shape index (κ1) is 12.9. The third kappa shape index (κ3) is 2.83. The van der Waals surface area contributed by atoms with Gasteiger partial charge in [0, 0.05) is 12.1 Å². The Bertz CT molecular complexity index is 303. The largest absolute Gasteiger partial charge is 0.415 e. The zero-order chi connectivity index (χ0) is 12.6. The normalized spacial score (nSPS) is 36.5. The predicted octanol–water partition coefficient (Wildman–Crippen LogP) is 2.39. The van der Waals surface area contributed by atoms with Gasteiger partial charge in [0.2, 0.25) is 0 Å². The summed E-state index contributed by atoms with van der Waals surface area (Å²) in [7, 11) is 0. The zero-order valence-corrected chi connectivity index (χ0v) is 9.63. The molecule has 1 saturated carbocycles. The van der Waals surface area contributed by atoms with Crippen LogP contribution in [0.25, 0.3) is 0 Å². The summed E-state index contributed by atoms with van der Waals surface area (Å²) in [6.45, 7) is 3.94. The van der Waals surface area contributed by atoms with Gasteiger partial charge in [-0.15, -0.1) is 0 Å². The number of piperidine rings is 1. The molecule has 1 aliphatic heterocycles. The van der Waals surface area contributed by atoms with Crippen LogP contribution < -0.4 is 5.32 Å². The van der Waals surface area contributed by atoms with Gasteiger partial charge in [0.1, 0.15) is 0 Å². The van der Waals surface area contributed by atoms with Crippen LogP contribution in [-0.4, -0.2) is 29.5 Å². The summed E-state index contributed by atoms with van der Waals surface area (Å²) in [4.78, 5) is 0. The Morgan fingerprint density at radius 2 is 2.00 bits per heavy atom. The van der Waals surface area contributed by atoms with Gasteiger partial charge in [0.05, 0.1) is 0 Å². The molecular weight excluding hydrogens is 231 g/mol. The van der Waals surface area contributed by atoms with E-state index in [0.29, 0.717) is 12.3 Å². The Morgan fingerprint density at radius 1 is 1.29 bits per heavy atom. The maximum Gasteiger partial charge on any atom is 0.415 e. The molecule has 0 aromatic carbocycles. The number of nitrogens with one attached hydrogen (secondary N) is 1. The molecule has 1 saturated heterocycles. The lowest BCUT2D eigenvalue weighted by Gasteiger charge is -2.42. The second kappa shape index (κ2) is 4.61. The summed E-state index contributed by atoms with van der Waals surface area (Å²) in [5.41, 5.74) is 1.20. The van der Waals surface area contributed by atoms with Crippen molar-refractivity contribution in [2.45, 2.75) is 56.5 Å². The number of alkyl halides is 3. The molecule has 1 aliphatic carbocycles. The number of hydrogen-bond donors (Lipinski definition) is 2. The minimum Gasteiger partial charge on any atom is -0.382 e. The molecule has 0 radical (unpaired) electrons. The van der Waals surface area contributed by atoms with Crippen molar-refractivity contribution in [1.82, 2.24) is 5.32 Å². The Morgan fingerprint density at radius 3 is 2.65 bits per heavy atom. The van der Waals surface area contributed by atoms with Crippen LogP contribution in [0, 0.1) is 5.92 Å². The maximum absolute atomic E-state index is 12.4. The maximum atomic E-state index is 12.4. The molecule has 2 rings (SSSR count). The molecule has 0 aromatic rings. The molecular formula is C12H18F3NO. The minimum atomic E-state index is -4.53. The minimum absolute atomic E-state index is 0.108. The second-order valence-corrected chi connectivity index (χ2v) is 5.20. The second-order valence-electron chi connectivity index (χ2n) is 5.20. The third-order valence-electron chi connectivity index (χ3n) is 3.92. The Kier molecular flexibility index (Phi) is 3.50. The fourth-order valence-corrected chi connectivity index (χ4v) is 2.96. The van der Waals surface area contributed by atoms with Gasteiger partial charge >= 0.3 is 6.18 Å². The van der Waals surface area contributed by atoms with Crippen LogP contribution in [0.2, 0.25) is 0 Å². The van der Waals surface area contributed by atoms with Crippen molar-refractivity contribution < 1.29 is 18.3 Å². The van der Waals surface area contributed by atoms with Gasteiger partial charge in [0.15, 0.2) is 6.10 Å². The van der Waals surface area contributed by atoms with Crippen molar-refractivity contribution in [3.8, 4) is 0 Å². The molecule has 2 N–H and O–H groups in total. The number of aliphatic hydroxyl groups is 1. The lowest BCUT2D eigenvalue weighted by Crippen LogP contribution is -2.56. The zero-order valence-electron chi connectivity index (χ0n) is 9.63.